The molecule has 1 rings (SSSR count). The molecule has 0 aliphatic heterocycles. The molecule has 1 amide bonds. The first kappa shape index (κ1) is 12.6. The Hall–Kier alpha value is -1.48. The zero-order valence-corrected chi connectivity index (χ0v) is 10.1. The van der Waals surface area contributed by atoms with E-state index < -0.39 is 0 Å². The van der Waals surface area contributed by atoms with E-state index in [0.29, 0.717) is 11.6 Å². The zero-order chi connectivity index (χ0) is 12.3. The van der Waals surface area contributed by atoms with Crippen molar-refractivity contribution >= 4 is 17.5 Å². The van der Waals surface area contributed by atoms with Crippen LogP contribution in [0.3, 0.4) is 0 Å². The molecular weight excluding hydrogens is 226 g/mol. The molecule has 0 saturated heterocycles. The standard InChI is InChI=1S/C12H14ClNO2/c1-8(2)7-14(3)12(16)10-6-9(13)4-5-11(10)15/h4-6,15H,1,7H2,2-3H3. The summed E-state index contributed by atoms with van der Waals surface area (Å²) >= 11 is 5.77. The number of nitrogens with zero attached hydrogens (tertiary/aromatic N) is 1. The lowest BCUT2D eigenvalue weighted by Gasteiger charge is -2.17. The largest absolute Gasteiger partial charge is 0.507 e. The van der Waals surface area contributed by atoms with Gasteiger partial charge >= 0.3 is 0 Å². The summed E-state index contributed by atoms with van der Waals surface area (Å²) in [5.41, 5.74) is 1.08. The smallest absolute Gasteiger partial charge is 0.257 e. The number of likely N-dealkylation sites (N-methyl/N-ethyl adjacent to an activating group) is 1. The zero-order valence-electron chi connectivity index (χ0n) is 9.33. The van der Waals surface area contributed by atoms with Gasteiger partial charge in [0.2, 0.25) is 0 Å². The molecule has 0 bridgehead atoms. The van der Waals surface area contributed by atoms with Crippen LogP contribution in [0.4, 0.5) is 0 Å². The Morgan fingerprint density at radius 2 is 2.19 bits per heavy atom. The van der Waals surface area contributed by atoms with Crippen LogP contribution in [0, 0.1) is 0 Å². The van der Waals surface area contributed by atoms with Crippen molar-refractivity contribution in [2.45, 2.75) is 6.92 Å². The highest BCUT2D eigenvalue weighted by molar-refractivity contribution is 6.31. The highest BCUT2D eigenvalue weighted by atomic mass is 35.5. The molecule has 16 heavy (non-hydrogen) atoms. The molecule has 0 spiro atoms. The molecule has 1 N–H and O–H groups in total. The summed E-state index contributed by atoms with van der Waals surface area (Å²) in [6, 6.07) is 4.39. The van der Waals surface area contributed by atoms with Crippen molar-refractivity contribution in [2.75, 3.05) is 13.6 Å². The number of aromatic hydroxyl groups is 1. The van der Waals surface area contributed by atoms with Gasteiger partial charge in [-0.1, -0.05) is 23.8 Å². The maximum absolute atomic E-state index is 11.9. The summed E-state index contributed by atoms with van der Waals surface area (Å²) in [4.78, 5) is 13.4. The molecule has 0 aliphatic carbocycles. The molecule has 1 aromatic rings. The molecule has 0 atom stereocenters. The monoisotopic (exact) mass is 239 g/mol. The van der Waals surface area contributed by atoms with Crippen molar-refractivity contribution in [3.8, 4) is 5.75 Å². The van der Waals surface area contributed by atoms with Crippen LogP contribution in [-0.2, 0) is 0 Å². The summed E-state index contributed by atoms with van der Waals surface area (Å²) in [5, 5.41) is 9.98. The molecule has 4 heteroatoms. The number of phenols is 1. The van der Waals surface area contributed by atoms with Gasteiger partial charge in [-0.15, -0.1) is 0 Å². The number of carbonyl (C=O) groups excluding carboxylic acids is 1. The van der Waals surface area contributed by atoms with Gasteiger partial charge in [0, 0.05) is 18.6 Å². The van der Waals surface area contributed by atoms with Crippen LogP contribution in [0.5, 0.6) is 5.75 Å². The van der Waals surface area contributed by atoms with Crippen molar-refractivity contribution < 1.29 is 9.90 Å². The highest BCUT2D eigenvalue weighted by Crippen LogP contribution is 2.22. The van der Waals surface area contributed by atoms with Crippen molar-refractivity contribution in [3.63, 3.8) is 0 Å². The number of rotatable bonds is 3. The number of hydrogen-bond donors (Lipinski definition) is 1. The molecular formula is C12H14ClNO2. The van der Waals surface area contributed by atoms with E-state index in [2.05, 4.69) is 6.58 Å². The Kier molecular flexibility index (Phi) is 3.96. The minimum absolute atomic E-state index is 0.0667. The maximum atomic E-state index is 11.9. The molecule has 0 radical (unpaired) electrons. The molecule has 0 unspecified atom stereocenters. The van der Waals surface area contributed by atoms with E-state index >= 15 is 0 Å². The number of halogens is 1. The van der Waals surface area contributed by atoms with Crippen LogP contribution < -0.4 is 0 Å². The molecule has 0 saturated carbocycles. The molecule has 3 nitrogen and oxygen atoms in total. The Labute approximate surface area is 100.0 Å². The lowest BCUT2D eigenvalue weighted by Crippen LogP contribution is -2.28. The van der Waals surface area contributed by atoms with E-state index in [1.165, 1.54) is 23.1 Å². The van der Waals surface area contributed by atoms with E-state index in [9.17, 15) is 9.90 Å². The summed E-state index contributed by atoms with van der Waals surface area (Å²) in [7, 11) is 1.65. The van der Waals surface area contributed by atoms with Gasteiger partial charge in [0.15, 0.2) is 0 Å². The molecule has 1 aromatic carbocycles. The Balaban J connectivity index is 2.95. The quantitative estimate of drug-likeness (QED) is 0.824. The van der Waals surface area contributed by atoms with E-state index in [4.69, 9.17) is 11.6 Å². The molecule has 0 aliphatic rings. The predicted octanol–water partition coefficient (Wildman–Crippen LogP) is 2.69. The SMILES string of the molecule is C=C(C)CN(C)C(=O)c1cc(Cl)ccc1O. The van der Waals surface area contributed by atoms with Crippen molar-refractivity contribution in [2.24, 2.45) is 0 Å². The fraction of sp³-hybridized carbons (Fsp3) is 0.250. The van der Waals surface area contributed by atoms with E-state index in [-0.39, 0.29) is 17.2 Å². The molecule has 0 aromatic heterocycles. The first-order valence-electron chi connectivity index (χ1n) is 4.80. The van der Waals surface area contributed by atoms with Gasteiger partial charge < -0.3 is 10.0 Å². The Bertz CT molecular complexity index is 429. The summed E-state index contributed by atoms with van der Waals surface area (Å²) < 4.78 is 0. The van der Waals surface area contributed by atoms with Gasteiger partial charge in [0.25, 0.3) is 5.91 Å². The number of hydrogen-bond acceptors (Lipinski definition) is 2. The van der Waals surface area contributed by atoms with Gasteiger partial charge in [0.05, 0.1) is 5.56 Å². The number of carbonyl (C=O) groups is 1. The van der Waals surface area contributed by atoms with E-state index in [1.54, 1.807) is 7.05 Å². The fourth-order valence-corrected chi connectivity index (χ4v) is 1.53. The third-order valence-corrected chi connectivity index (χ3v) is 2.28. The van der Waals surface area contributed by atoms with E-state index in [0.717, 1.165) is 5.57 Å². The first-order valence-corrected chi connectivity index (χ1v) is 5.18. The minimum atomic E-state index is -0.275. The molecule has 0 heterocycles. The third kappa shape index (κ3) is 3.00. The van der Waals surface area contributed by atoms with Gasteiger partial charge in [0.1, 0.15) is 5.75 Å². The first-order chi connectivity index (χ1) is 7.41. The van der Waals surface area contributed by atoms with Gasteiger partial charge in [-0.2, -0.15) is 0 Å². The lowest BCUT2D eigenvalue weighted by atomic mass is 10.1. The van der Waals surface area contributed by atoms with Crippen LogP contribution in [-0.4, -0.2) is 29.5 Å². The average Bonchev–Trinajstić information content (AvgIpc) is 2.19. The number of benzene rings is 1. The van der Waals surface area contributed by atoms with Gasteiger partial charge in [-0.3, -0.25) is 4.79 Å². The van der Waals surface area contributed by atoms with Crippen LogP contribution in [0.25, 0.3) is 0 Å². The van der Waals surface area contributed by atoms with Crippen LogP contribution in [0.15, 0.2) is 30.4 Å². The van der Waals surface area contributed by atoms with Crippen molar-refractivity contribution in [3.05, 3.63) is 40.9 Å². The second-order valence-corrected chi connectivity index (χ2v) is 4.22. The third-order valence-electron chi connectivity index (χ3n) is 2.04. The second-order valence-electron chi connectivity index (χ2n) is 3.78. The van der Waals surface area contributed by atoms with Crippen LogP contribution in [0.2, 0.25) is 5.02 Å². The second kappa shape index (κ2) is 5.03. The van der Waals surface area contributed by atoms with E-state index in [1.807, 2.05) is 6.92 Å². The lowest BCUT2D eigenvalue weighted by molar-refractivity contribution is 0.0804. The predicted molar refractivity (Wildman–Crippen MR) is 64.9 cm³/mol. The van der Waals surface area contributed by atoms with Crippen LogP contribution in [0.1, 0.15) is 17.3 Å². The van der Waals surface area contributed by atoms with Gasteiger partial charge in [-0.05, 0) is 25.1 Å². The average molecular weight is 240 g/mol. The van der Waals surface area contributed by atoms with Crippen molar-refractivity contribution in [1.82, 2.24) is 4.90 Å². The summed E-state index contributed by atoms with van der Waals surface area (Å²) in [5.74, 6) is -0.342. The summed E-state index contributed by atoms with van der Waals surface area (Å²) in [6.45, 7) is 6.01. The minimum Gasteiger partial charge on any atom is -0.507 e. The maximum Gasteiger partial charge on any atom is 0.257 e. The Morgan fingerprint density at radius 1 is 1.56 bits per heavy atom. The number of phenolic OH excluding ortho intramolecular Hbond substituents is 1. The Morgan fingerprint density at radius 3 is 2.75 bits per heavy atom. The molecule has 86 valence electrons. The van der Waals surface area contributed by atoms with Crippen molar-refractivity contribution in [1.29, 1.82) is 0 Å². The number of amides is 1. The fourth-order valence-electron chi connectivity index (χ4n) is 1.36. The normalized spacial score (nSPS) is 9.94. The summed E-state index contributed by atoms with van der Waals surface area (Å²) in [6.07, 6.45) is 0. The topological polar surface area (TPSA) is 40.5 Å². The molecule has 0 fully saturated rings. The van der Waals surface area contributed by atoms with Crippen LogP contribution >= 0.6 is 11.6 Å². The van der Waals surface area contributed by atoms with Gasteiger partial charge in [-0.25, -0.2) is 0 Å². The highest BCUT2D eigenvalue weighted by Gasteiger charge is 2.15.